The lowest BCUT2D eigenvalue weighted by Gasteiger charge is -2.07. The first-order valence-electron chi connectivity index (χ1n) is 5.96. The first-order chi connectivity index (χ1) is 9.15. The van der Waals surface area contributed by atoms with Gasteiger partial charge in [0.15, 0.2) is 5.15 Å². The molecule has 0 spiro atoms. The molecule has 3 rings (SSSR count). The Bertz CT molecular complexity index is 731. The van der Waals surface area contributed by atoms with Crippen molar-refractivity contribution in [3.63, 3.8) is 0 Å². The fourth-order valence-electron chi connectivity index (χ4n) is 2.12. The van der Waals surface area contributed by atoms with Gasteiger partial charge < -0.3 is 0 Å². The standard InChI is InChI=1S/C14H12ClN3S/c1-8-4-3-5-9(2)10(8)6-11-18-12-13(15)16-7-17-14(12)19-11/h3-5,7H,6H2,1-2H3. The zero-order valence-electron chi connectivity index (χ0n) is 10.6. The van der Waals surface area contributed by atoms with E-state index in [0.717, 1.165) is 16.3 Å². The Kier molecular flexibility index (Phi) is 3.21. The molecule has 0 aliphatic rings. The highest BCUT2D eigenvalue weighted by molar-refractivity contribution is 7.18. The molecule has 0 aliphatic heterocycles. The first kappa shape index (κ1) is 12.5. The molecule has 0 saturated heterocycles. The SMILES string of the molecule is Cc1cccc(C)c1Cc1nc2c(Cl)ncnc2s1. The lowest BCUT2D eigenvalue weighted by molar-refractivity contribution is 1.10. The average molecular weight is 290 g/mol. The molecule has 0 atom stereocenters. The maximum Gasteiger partial charge on any atom is 0.159 e. The van der Waals surface area contributed by atoms with Gasteiger partial charge in [-0.15, -0.1) is 0 Å². The van der Waals surface area contributed by atoms with E-state index in [0.29, 0.717) is 10.7 Å². The van der Waals surface area contributed by atoms with Gasteiger partial charge in [-0.25, -0.2) is 15.0 Å². The summed E-state index contributed by atoms with van der Waals surface area (Å²) >= 11 is 7.61. The number of aromatic nitrogens is 3. The van der Waals surface area contributed by atoms with E-state index >= 15 is 0 Å². The third kappa shape index (κ3) is 2.33. The number of fused-ring (bicyclic) bond motifs is 1. The summed E-state index contributed by atoms with van der Waals surface area (Å²) in [7, 11) is 0. The third-order valence-corrected chi connectivity index (χ3v) is 4.41. The second kappa shape index (κ2) is 4.87. The van der Waals surface area contributed by atoms with Gasteiger partial charge in [0.05, 0.1) is 5.01 Å². The van der Waals surface area contributed by atoms with E-state index in [2.05, 4.69) is 47.0 Å². The second-order valence-electron chi connectivity index (χ2n) is 4.47. The van der Waals surface area contributed by atoms with Crippen molar-refractivity contribution in [3.05, 3.63) is 51.4 Å². The first-order valence-corrected chi connectivity index (χ1v) is 7.15. The predicted molar refractivity (Wildman–Crippen MR) is 78.9 cm³/mol. The van der Waals surface area contributed by atoms with Crippen LogP contribution >= 0.6 is 22.9 Å². The van der Waals surface area contributed by atoms with E-state index in [-0.39, 0.29) is 0 Å². The normalized spacial score (nSPS) is 11.1. The molecule has 0 N–H and O–H groups in total. The molecule has 0 saturated carbocycles. The van der Waals surface area contributed by atoms with Gasteiger partial charge in [-0.1, -0.05) is 41.1 Å². The number of nitrogens with zero attached hydrogens (tertiary/aromatic N) is 3. The number of rotatable bonds is 2. The number of thiazole rings is 1. The van der Waals surface area contributed by atoms with Crippen molar-refractivity contribution in [2.24, 2.45) is 0 Å². The molecule has 1 aromatic carbocycles. The van der Waals surface area contributed by atoms with E-state index in [1.807, 2.05) is 0 Å². The molecule has 3 aromatic rings. The Balaban J connectivity index is 2.04. The summed E-state index contributed by atoms with van der Waals surface area (Å²) in [6.45, 7) is 4.25. The van der Waals surface area contributed by atoms with E-state index in [4.69, 9.17) is 11.6 Å². The minimum Gasteiger partial charge on any atom is -0.236 e. The van der Waals surface area contributed by atoms with Crippen molar-refractivity contribution in [2.45, 2.75) is 20.3 Å². The van der Waals surface area contributed by atoms with Crippen LogP contribution in [-0.4, -0.2) is 15.0 Å². The molecular weight excluding hydrogens is 278 g/mol. The van der Waals surface area contributed by atoms with Crippen LogP contribution in [0.3, 0.4) is 0 Å². The number of halogens is 1. The summed E-state index contributed by atoms with van der Waals surface area (Å²) < 4.78 is 0. The van der Waals surface area contributed by atoms with Crippen LogP contribution in [0, 0.1) is 13.8 Å². The highest BCUT2D eigenvalue weighted by Gasteiger charge is 2.11. The Labute approximate surface area is 120 Å². The molecule has 0 fully saturated rings. The van der Waals surface area contributed by atoms with Gasteiger partial charge in [0.1, 0.15) is 16.7 Å². The largest absolute Gasteiger partial charge is 0.236 e. The van der Waals surface area contributed by atoms with Crippen LogP contribution in [0.25, 0.3) is 10.3 Å². The highest BCUT2D eigenvalue weighted by atomic mass is 35.5. The lowest BCUT2D eigenvalue weighted by Crippen LogP contribution is -1.94. The molecule has 96 valence electrons. The van der Waals surface area contributed by atoms with E-state index < -0.39 is 0 Å². The van der Waals surface area contributed by atoms with Gasteiger partial charge in [0, 0.05) is 6.42 Å². The highest BCUT2D eigenvalue weighted by Crippen LogP contribution is 2.27. The van der Waals surface area contributed by atoms with Crippen LogP contribution < -0.4 is 0 Å². The molecule has 19 heavy (non-hydrogen) atoms. The molecule has 2 heterocycles. The number of hydrogen-bond donors (Lipinski definition) is 0. The van der Waals surface area contributed by atoms with E-state index in [1.165, 1.54) is 23.0 Å². The van der Waals surface area contributed by atoms with Gasteiger partial charge in [-0.2, -0.15) is 0 Å². The molecule has 2 aromatic heterocycles. The van der Waals surface area contributed by atoms with Crippen molar-refractivity contribution in [2.75, 3.05) is 0 Å². The van der Waals surface area contributed by atoms with Crippen molar-refractivity contribution in [1.29, 1.82) is 0 Å². The van der Waals surface area contributed by atoms with Crippen LogP contribution in [-0.2, 0) is 6.42 Å². The molecule has 5 heteroatoms. The maximum absolute atomic E-state index is 6.03. The van der Waals surface area contributed by atoms with Crippen LogP contribution in [0.2, 0.25) is 5.15 Å². The molecule has 0 amide bonds. The van der Waals surface area contributed by atoms with Crippen LogP contribution in [0.4, 0.5) is 0 Å². The number of hydrogen-bond acceptors (Lipinski definition) is 4. The minimum absolute atomic E-state index is 0.425. The summed E-state index contributed by atoms with van der Waals surface area (Å²) in [6.07, 6.45) is 2.29. The fourth-order valence-corrected chi connectivity index (χ4v) is 3.27. The lowest BCUT2D eigenvalue weighted by atomic mass is 10.0. The van der Waals surface area contributed by atoms with E-state index in [9.17, 15) is 0 Å². The minimum atomic E-state index is 0.425. The topological polar surface area (TPSA) is 38.7 Å². The number of benzene rings is 1. The Morgan fingerprint density at radius 3 is 2.58 bits per heavy atom. The Morgan fingerprint density at radius 1 is 1.16 bits per heavy atom. The molecular formula is C14H12ClN3S. The van der Waals surface area contributed by atoms with Gasteiger partial charge in [0.2, 0.25) is 0 Å². The summed E-state index contributed by atoms with van der Waals surface area (Å²) in [5, 5.41) is 1.45. The maximum atomic E-state index is 6.03. The smallest absolute Gasteiger partial charge is 0.159 e. The van der Waals surface area contributed by atoms with Gasteiger partial charge in [0.25, 0.3) is 0 Å². The predicted octanol–water partition coefficient (Wildman–Crippen LogP) is 3.95. The van der Waals surface area contributed by atoms with Crippen LogP contribution in [0.5, 0.6) is 0 Å². The average Bonchev–Trinajstić information content (AvgIpc) is 2.78. The Morgan fingerprint density at radius 2 is 1.89 bits per heavy atom. The zero-order valence-corrected chi connectivity index (χ0v) is 12.2. The summed E-state index contributed by atoms with van der Waals surface area (Å²) in [5.74, 6) is 0. The third-order valence-electron chi connectivity index (χ3n) is 3.17. The zero-order chi connectivity index (χ0) is 13.4. The molecule has 3 nitrogen and oxygen atoms in total. The van der Waals surface area contributed by atoms with Crippen molar-refractivity contribution < 1.29 is 0 Å². The summed E-state index contributed by atoms with van der Waals surface area (Å²) in [6, 6.07) is 6.33. The molecule has 0 unspecified atom stereocenters. The summed E-state index contributed by atoms with van der Waals surface area (Å²) in [5.41, 5.74) is 4.61. The van der Waals surface area contributed by atoms with Gasteiger partial charge >= 0.3 is 0 Å². The quantitative estimate of drug-likeness (QED) is 0.671. The van der Waals surface area contributed by atoms with Crippen molar-refractivity contribution >= 4 is 33.3 Å². The van der Waals surface area contributed by atoms with Crippen LogP contribution in [0.1, 0.15) is 21.7 Å². The van der Waals surface area contributed by atoms with Crippen LogP contribution in [0.15, 0.2) is 24.5 Å². The van der Waals surface area contributed by atoms with Gasteiger partial charge in [-0.05, 0) is 30.5 Å². The fraction of sp³-hybridized carbons (Fsp3) is 0.214. The molecule has 0 bridgehead atoms. The Hall–Kier alpha value is -1.52. The second-order valence-corrected chi connectivity index (χ2v) is 5.89. The van der Waals surface area contributed by atoms with E-state index in [1.54, 1.807) is 11.3 Å². The molecule has 0 radical (unpaired) electrons. The van der Waals surface area contributed by atoms with Gasteiger partial charge in [-0.3, -0.25) is 0 Å². The summed E-state index contributed by atoms with van der Waals surface area (Å²) in [4.78, 5) is 13.6. The van der Waals surface area contributed by atoms with Crippen molar-refractivity contribution in [3.8, 4) is 0 Å². The monoisotopic (exact) mass is 289 g/mol. The number of aryl methyl sites for hydroxylation is 2. The van der Waals surface area contributed by atoms with Crippen molar-refractivity contribution in [1.82, 2.24) is 15.0 Å². The molecule has 0 aliphatic carbocycles.